The Hall–Kier alpha value is -1.79. The molecule has 2 amide bonds. The van der Waals surface area contributed by atoms with E-state index < -0.39 is 6.09 Å². The van der Waals surface area contributed by atoms with Gasteiger partial charge in [-0.3, -0.25) is 10.1 Å². The predicted octanol–water partition coefficient (Wildman–Crippen LogP) is 0.254. The summed E-state index contributed by atoms with van der Waals surface area (Å²) in [6, 6.07) is 7.01. The minimum atomic E-state index is -0.513. The second-order valence-corrected chi connectivity index (χ2v) is 7.04. The predicted molar refractivity (Wildman–Crippen MR) is 114 cm³/mol. The first-order valence-electron chi connectivity index (χ1n) is 10.8. The number of benzene rings is 1. The fourth-order valence-corrected chi connectivity index (χ4v) is 3.04. The van der Waals surface area contributed by atoms with Crippen molar-refractivity contribution < 1.29 is 31.6 Å². The van der Waals surface area contributed by atoms with Crippen LogP contribution in [0, 0.1) is 0 Å². The van der Waals surface area contributed by atoms with E-state index in [2.05, 4.69) is 31.4 Å². The number of halogens is 1. The number of likely N-dealkylation sites (N-methyl/N-ethyl adjacent to an activating group) is 1. The van der Waals surface area contributed by atoms with Crippen molar-refractivity contribution in [1.82, 2.24) is 5.32 Å². The van der Waals surface area contributed by atoms with E-state index in [4.69, 9.17) is 4.74 Å². The van der Waals surface area contributed by atoms with Crippen LogP contribution < -0.4 is 27.9 Å². The number of nitrogens with one attached hydrogen (secondary N) is 3. The fourth-order valence-electron chi connectivity index (χ4n) is 3.04. The number of carbonyl (C=O) groups excluding carboxylic acids is 2. The first kappa shape index (κ1) is 27.2. The van der Waals surface area contributed by atoms with Gasteiger partial charge in [0, 0.05) is 0 Å². The van der Waals surface area contributed by atoms with Crippen LogP contribution in [0.15, 0.2) is 24.3 Å². The van der Waals surface area contributed by atoms with Crippen molar-refractivity contribution in [3.05, 3.63) is 29.8 Å². The monoisotopic (exact) mass is 427 g/mol. The molecular weight excluding hydrogens is 390 g/mol. The van der Waals surface area contributed by atoms with Gasteiger partial charge < -0.3 is 27.4 Å². The van der Waals surface area contributed by atoms with Gasteiger partial charge in [0.1, 0.15) is 0 Å². The number of quaternary nitrogens is 1. The molecule has 0 unspecified atom stereocenters. The minimum absolute atomic E-state index is 0. The lowest BCUT2D eigenvalue weighted by Crippen LogP contribution is -3.12. The number of rotatable bonds is 14. The van der Waals surface area contributed by atoms with Crippen molar-refractivity contribution in [2.24, 2.45) is 0 Å². The van der Waals surface area contributed by atoms with E-state index in [-0.39, 0.29) is 18.3 Å². The maximum atomic E-state index is 12.5. The SMILES string of the molecule is CCCCCCCCOC(=O)Nc1ccccc1C(=O)NCC[NH+](CC)CC.[Cl-]. The highest BCUT2D eigenvalue weighted by Crippen LogP contribution is 2.15. The summed E-state index contributed by atoms with van der Waals surface area (Å²) in [5, 5.41) is 5.63. The molecule has 1 aromatic carbocycles. The second kappa shape index (κ2) is 17.1. The van der Waals surface area contributed by atoms with E-state index in [0.717, 1.165) is 32.5 Å². The highest BCUT2D eigenvalue weighted by Gasteiger charge is 2.14. The molecule has 7 heteroatoms. The molecule has 0 saturated heterocycles. The van der Waals surface area contributed by atoms with Gasteiger partial charge in [0.2, 0.25) is 0 Å². The first-order chi connectivity index (χ1) is 13.6. The van der Waals surface area contributed by atoms with Crippen molar-refractivity contribution >= 4 is 17.7 Å². The van der Waals surface area contributed by atoms with Gasteiger partial charge in [-0.25, -0.2) is 4.79 Å². The molecule has 0 spiro atoms. The summed E-state index contributed by atoms with van der Waals surface area (Å²) in [7, 11) is 0. The van der Waals surface area contributed by atoms with E-state index >= 15 is 0 Å². The largest absolute Gasteiger partial charge is 1.00 e. The Morgan fingerprint density at radius 1 is 0.966 bits per heavy atom. The fraction of sp³-hybridized carbons (Fsp3) is 0.636. The minimum Gasteiger partial charge on any atom is -1.00 e. The number of unbranched alkanes of at least 4 members (excludes halogenated alkanes) is 5. The van der Waals surface area contributed by atoms with Gasteiger partial charge in [-0.2, -0.15) is 0 Å². The number of hydrogen-bond donors (Lipinski definition) is 3. The maximum absolute atomic E-state index is 12.5. The van der Waals surface area contributed by atoms with Crippen molar-refractivity contribution in [3.8, 4) is 0 Å². The molecule has 166 valence electrons. The summed E-state index contributed by atoms with van der Waals surface area (Å²) >= 11 is 0. The standard InChI is InChI=1S/C22H37N3O3.ClH/c1-4-7-8-9-10-13-18-28-22(27)24-20-15-12-11-14-19(20)21(26)23-16-17-25(5-2)6-3;/h11-12,14-15H,4-10,13,16-18H2,1-3H3,(H,23,26)(H,24,27);1H. The van der Waals surface area contributed by atoms with Crippen molar-refractivity contribution in [1.29, 1.82) is 0 Å². The molecule has 0 radical (unpaired) electrons. The normalized spacial score (nSPS) is 10.3. The van der Waals surface area contributed by atoms with Gasteiger partial charge in [0.05, 0.1) is 44.0 Å². The summed E-state index contributed by atoms with van der Waals surface area (Å²) in [5.74, 6) is -0.182. The Morgan fingerprint density at radius 2 is 1.62 bits per heavy atom. The molecule has 0 saturated carbocycles. The zero-order valence-electron chi connectivity index (χ0n) is 18.2. The number of amides is 2. The van der Waals surface area contributed by atoms with E-state index in [9.17, 15) is 9.59 Å². The Labute approximate surface area is 182 Å². The highest BCUT2D eigenvalue weighted by atomic mass is 35.5. The first-order valence-corrected chi connectivity index (χ1v) is 10.8. The third-order valence-corrected chi connectivity index (χ3v) is 4.90. The zero-order valence-corrected chi connectivity index (χ0v) is 18.9. The van der Waals surface area contributed by atoms with Crippen LogP contribution in [0.25, 0.3) is 0 Å². The molecule has 0 fully saturated rings. The summed E-state index contributed by atoms with van der Waals surface area (Å²) in [6.07, 6.45) is 6.33. The molecule has 0 aromatic heterocycles. The lowest BCUT2D eigenvalue weighted by Gasteiger charge is -2.16. The average molecular weight is 428 g/mol. The van der Waals surface area contributed by atoms with Crippen molar-refractivity contribution in [2.75, 3.05) is 38.1 Å². The number of para-hydroxylation sites is 1. The van der Waals surface area contributed by atoms with Crippen LogP contribution in [-0.4, -0.2) is 44.8 Å². The Balaban J connectivity index is 0.00000784. The molecule has 6 nitrogen and oxygen atoms in total. The van der Waals surface area contributed by atoms with Crippen LogP contribution >= 0.6 is 0 Å². The summed E-state index contributed by atoms with van der Waals surface area (Å²) in [4.78, 5) is 25.9. The summed E-state index contributed by atoms with van der Waals surface area (Å²) < 4.78 is 5.24. The second-order valence-electron chi connectivity index (χ2n) is 7.04. The van der Waals surface area contributed by atoms with E-state index in [0.29, 0.717) is 24.4 Å². The molecule has 1 rings (SSSR count). The molecule has 0 heterocycles. The Kier molecular flexibility index (Phi) is 16.0. The van der Waals surface area contributed by atoms with Crippen molar-refractivity contribution in [2.45, 2.75) is 59.3 Å². The van der Waals surface area contributed by atoms with Crippen molar-refractivity contribution in [3.63, 3.8) is 0 Å². The van der Waals surface area contributed by atoms with Crippen LogP contribution in [0.2, 0.25) is 0 Å². The van der Waals surface area contributed by atoms with Gasteiger partial charge in [0.25, 0.3) is 5.91 Å². The molecule has 0 aliphatic carbocycles. The third kappa shape index (κ3) is 11.7. The number of carbonyl (C=O) groups is 2. The number of hydrogen-bond acceptors (Lipinski definition) is 3. The molecule has 1 aromatic rings. The van der Waals surface area contributed by atoms with E-state index in [1.807, 2.05) is 0 Å². The topological polar surface area (TPSA) is 71.9 Å². The lowest BCUT2D eigenvalue weighted by molar-refractivity contribution is -0.895. The van der Waals surface area contributed by atoms with E-state index in [1.54, 1.807) is 24.3 Å². The van der Waals surface area contributed by atoms with Crippen LogP contribution in [0.1, 0.15) is 69.7 Å². The Bertz CT molecular complexity index is 580. The average Bonchev–Trinajstić information content (AvgIpc) is 2.71. The number of anilines is 1. The van der Waals surface area contributed by atoms with Gasteiger partial charge in [-0.15, -0.1) is 0 Å². The Morgan fingerprint density at radius 3 is 2.31 bits per heavy atom. The van der Waals surface area contributed by atoms with Gasteiger partial charge in [0.15, 0.2) is 0 Å². The van der Waals surface area contributed by atoms with Gasteiger partial charge in [-0.1, -0.05) is 51.2 Å². The third-order valence-electron chi connectivity index (χ3n) is 4.90. The van der Waals surface area contributed by atoms with Crippen LogP contribution in [0.5, 0.6) is 0 Å². The molecule has 0 aliphatic heterocycles. The smallest absolute Gasteiger partial charge is 0.411 e. The summed E-state index contributed by atoms with van der Waals surface area (Å²) in [5.41, 5.74) is 0.927. The maximum Gasteiger partial charge on any atom is 0.411 e. The highest BCUT2D eigenvalue weighted by molar-refractivity contribution is 6.02. The molecular formula is C22H38ClN3O3. The zero-order chi connectivity index (χ0) is 20.6. The lowest BCUT2D eigenvalue weighted by atomic mass is 10.1. The number of ether oxygens (including phenoxy) is 1. The van der Waals surface area contributed by atoms with Crippen LogP contribution in [-0.2, 0) is 4.74 Å². The molecule has 29 heavy (non-hydrogen) atoms. The quantitative estimate of drug-likeness (QED) is 0.373. The van der Waals surface area contributed by atoms with Gasteiger partial charge in [-0.05, 0) is 32.4 Å². The molecule has 3 N–H and O–H groups in total. The van der Waals surface area contributed by atoms with E-state index in [1.165, 1.54) is 30.6 Å². The molecule has 0 bridgehead atoms. The van der Waals surface area contributed by atoms with Gasteiger partial charge >= 0.3 is 6.09 Å². The van der Waals surface area contributed by atoms with Crippen LogP contribution in [0.4, 0.5) is 10.5 Å². The van der Waals surface area contributed by atoms with Crippen LogP contribution in [0.3, 0.4) is 0 Å². The molecule has 0 atom stereocenters. The summed E-state index contributed by atoms with van der Waals surface area (Å²) in [6.45, 7) is 10.4. The molecule has 0 aliphatic rings.